The van der Waals surface area contributed by atoms with E-state index in [-0.39, 0.29) is 11.8 Å². The predicted octanol–water partition coefficient (Wildman–Crippen LogP) is 4.05. The molecule has 3 rings (SSSR count). The summed E-state index contributed by atoms with van der Waals surface area (Å²) in [7, 11) is 0. The van der Waals surface area contributed by atoms with Gasteiger partial charge >= 0.3 is 0 Å². The van der Waals surface area contributed by atoms with E-state index < -0.39 is 0 Å². The molecule has 1 saturated heterocycles. The highest BCUT2D eigenvalue weighted by atomic mass is 32.2. The maximum Gasteiger partial charge on any atom is 0.270 e. The van der Waals surface area contributed by atoms with E-state index in [2.05, 4.69) is 5.32 Å². The van der Waals surface area contributed by atoms with Gasteiger partial charge in [-0.15, -0.1) is 0 Å². The maximum atomic E-state index is 12.7. The van der Waals surface area contributed by atoms with Gasteiger partial charge in [-0.25, -0.2) is 0 Å². The van der Waals surface area contributed by atoms with E-state index in [0.717, 1.165) is 5.56 Å². The minimum atomic E-state index is -0.140. The molecule has 1 aliphatic rings. The van der Waals surface area contributed by atoms with Crippen LogP contribution in [0, 0.1) is 0 Å². The van der Waals surface area contributed by atoms with E-state index >= 15 is 0 Å². The molecule has 0 spiro atoms. The van der Waals surface area contributed by atoms with Crippen molar-refractivity contribution in [2.45, 2.75) is 6.92 Å². The third kappa shape index (κ3) is 3.55. The van der Waals surface area contributed by atoms with Crippen molar-refractivity contribution in [1.29, 1.82) is 0 Å². The van der Waals surface area contributed by atoms with E-state index in [9.17, 15) is 9.59 Å². The molecular formula is C18H14N2O2S2. The SMILES string of the molecule is CC(=O)Nc1ccc(N2C(=O)C(=Cc3ccccc3)SC2=S)cc1. The van der Waals surface area contributed by atoms with Crippen molar-refractivity contribution in [2.24, 2.45) is 0 Å². The van der Waals surface area contributed by atoms with Gasteiger partial charge in [-0.3, -0.25) is 14.5 Å². The molecule has 0 aromatic heterocycles. The summed E-state index contributed by atoms with van der Waals surface area (Å²) in [5.74, 6) is -0.278. The number of thiocarbonyl (C=S) groups is 1. The van der Waals surface area contributed by atoms with Crippen LogP contribution in [-0.4, -0.2) is 16.1 Å². The second-order valence-corrected chi connectivity index (χ2v) is 6.83. The Balaban J connectivity index is 1.84. The second kappa shape index (κ2) is 6.98. The molecule has 1 aliphatic heterocycles. The zero-order valence-electron chi connectivity index (χ0n) is 12.9. The number of carbonyl (C=O) groups excluding carboxylic acids is 2. The minimum absolute atomic E-state index is 0.138. The fraction of sp³-hybridized carbons (Fsp3) is 0.0556. The van der Waals surface area contributed by atoms with Gasteiger partial charge in [0.2, 0.25) is 5.91 Å². The topological polar surface area (TPSA) is 49.4 Å². The first-order chi connectivity index (χ1) is 11.5. The zero-order valence-corrected chi connectivity index (χ0v) is 14.5. The zero-order chi connectivity index (χ0) is 17.1. The Hall–Kier alpha value is -2.44. The predicted molar refractivity (Wildman–Crippen MR) is 103 cm³/mol. The van der Waals surface area contributed by atoms with Crippen LogP contribution < -0.4 is 10.2 Å². The molecule has 2 aromatic rings. The fourth-order valence-electron chi connectivity index (χ4n) is 2.29. The number of carbonyl (C=O) groups is 2. The molecule has 0 saturated carbocycles. The molecule has 2 aromatic carbocycles. The second-order valence-electron chi connectivity index (χ2n) is 5.16. The van der Waals surface area contributed by atoms with Gasteiger partial charge in [-0.2, -0.15) is 0 Å². The van der Waals surface area contributed by atoms with Crippen LogP contribution in [0.5, 0.6) is 0 Å². The fourth-order valence-corrected chi connectivity index (χ4v) is 3.59. The quantitative estimate of drug-likeness (QED) is 0.667. The smallest absolute Gasteiger partial charge is 0.270 e. The van der Waals surface area contributed by atoms with Crippen LogP contribution in [0.1, 0.15) is 12.5 Å². The van der Waals surface area contributed by atoms with Gasteiger partial charge in [0.25, 0.3) is 5.91 Å². The highest BCUT2D eigenvalue weighted by Crippen LogP contribution is 2.36. The summed E-state index contributed by atoms with van der Waals surface area (Å²) in [6.45, 7) is 1.45. The van der Waals surface area contributed by atoms with Crippen molar-refractivity contribution < 1.29 is 9.59 Å². The molecule has 4 nitrogen and oxygen atoms in total. The molecule has 0 atom stereocenters. The Kier molecular flexibility index (Phi) is 4.78. The number of hydrogen-bond donors (Lipinski definition) is 1. The van der Waals surface area contributed by atoms with E-state index in [1.54, 1.807) is 24.3 Å². The number of anilines is 2. The van der Waals surface area contributed by atoms with Crippen LogP contribution in [0.15, 0.2) is 59.5 Å². The van der Waals surface area contributed by atoms with Crippen LogP contribution in [0.3, 0.4) is 0 Å². The molecule has 0 bridgehead atoms. The van der Waals surface area contributed by atoms with Crippen molar-refractivity contribution in [3.05, 3.63) is 65.1 Å². The summed E-state index contributed by atoms with van der Waals surface area (Å²) in [6.07, 6.45) is 1.84. The number of rotatable bonds is 3. The molecule has 2 amide bonds. The average Bonchev–Trinajstić information content (AvgIpc) is 2.83. The molecule has 0 unspecified atom stereocenters. The minimum Gasteiger partial charge on any atom is -0.326 e. The number of nitrogens with zero attached hydrogens (tertiary/aromatic N) is 1. The molecule has 0 radical (unpaired) electrons. The third-order valence-corrected chi connectivity index (χ3v) is 4.64. The molecule has 24 heavy (non-hydrogen) atoms. The Bertz CT molecular complexity index is 830. The Morgan fingerprint density at radius 1 is 1.12 bits per heavy atom. The lowest BCUT2D eigenvalue weighted by molar-refractivity contribution is -0.114. The summed E-state index contributed by atoms with van der Waals surface area (Å²) < 4.78 is 0.495. The summed E-state index contributed by atoms with van der Waals surface area (Å²) in [6, 6.07) is 16.7. The lowest BCUT2D eigenvalue weighted by Crippen LogP contribution is -2.27. The lowest BCUT2D eigenvalue weighted by Gasteiger charge is -2.15. The number of amides is 2. The summed E-state index contributed by atoms with van der Waals surface area (Å²) in [4.78, 5) is 25.8. The first-order valence-electron chi connectivity index (χ1n) is 7.25. The normalized spacial score (nSPS) is 15.9. The molecule has 1 N–H and O–H groups in total. The van der Waals surface area contributed by atoms with E-state index in [0.29, 0.717) is 20.6 Å². The molecule has 6 heteroatoms. The van der Waals surface area contributed by atoms with Crippen LogP contribution in [0.4, 0.5) is 11.4 Å². The summed E-state index contributed by atoms with van der Waals surface area (Å²) >= 11 is 6.64. The molecule has 1 fully saturated rings. The van der Waals surface area contributed by atoms with Crippen LogP contribution >= 0.6 is 24.0 Å². The standard InChI is InChI=1S/C18H14N2O2S2/c1-12(21)19-14-7-9-15(10-8-14)20-17(22)16(24-18(20)23)11-13-5-3-2-4-6-13/h2-11H,1H3,(H,19,21). The van der Waals surface area contributed by atoms with E-state index in [4.69, 9.17) is 12.2 Å². The van der Waals surface area contributed by atoms with Gasteiger partial charge in [0, 0.05) is 12.6 Å². The van der Waals surface area contributed by atoms with E-state index in [1.807, 2.05) is 36.4 Å². The average molecular weight is 354 g/mol. The highest BCUT2D eigenvalue weighted by Gasteiger charge is 2.33. The van der Waals surface area contributed by atoms with Gasteiger partial charge in [0.15, 0.2) is 4.32 Å². The third-order valence-electron chi connectivity index (χ3n) is 3.34. The molecule has 120 valence electrons. The maximum absolute atomic E-state index is 12.7. The van der Waals surface area contributed by atoms with Gasteiger partial charge in [0.05, 0.1) is 10.6 Å². The van der Waals surface area contributed by atoms with Crippen LogP contribution in [-0.2, 0) is 9.59 Å². The van der Waals surface area contributed by atoms with Crippen molar-refractivity contribution in [3.8, 4) is 0 Å². The monoisotopic (exact) mass is 354 g/mol. The van der Waals surface area contributed by atoms with Crippen molar-refractivity contribution in [3.63, 3.8) is 0 Å². The van der Waals surface area contributed by atoms with Gasteiger partial charge in [-0.1, -0.05) is 54.3 Å². The van der Waals surface area contributed by atoms with E-state index in [1.165, 1.54) is 23.6 Å². The number of nitrogens with one attached hydrogen (secondary N) is 1. The number of benzene rings is 2. The van der Waals surface area contributed by atoms with Gasteiger partial charge in [-0.05, 0) is 35.9 Å². The molecule has 0 aliphatic carbocycles. The van der Waals surface area contributed by atoms with Gasteiger partial charge in [0.1, 0.15) is 0 Å². The van der Waals surface area contributed by atoms with Crippen molar-refractivity contribution >= 4 is 57.6 Å². The Morgan fingerprint density at radius 2 is 1.79 bits per heavy atom. The Labute approximate surface area is 149 Å². The summed E-state index contributed by atoms with van der Waals surface area (Å²) in [5, 5.41) is 2.69. The largest absolute Gasteiger partial charge is 0.326 e. The molecule has 1 heterocycles. The Morgan fingerprint density at radius 3 is 2.42 bits per heavy atom. The van der Waals surface area contributed by atoms with Gasteiger partial charge < -0.3 is 5.32 Å². The first kappa shape index (κ1) is 16.4. The summed E-state index contributed by atoms with van der Waals surface area (Å²) in [5.41, 5.74) is 2.32. The number of hydrogen-bond acceptors (Lipinski definition) is 4. The van der Waals surface area contributed by atoms with Crippen molar-refractivity contribution in [1.82, 2.24) is 0 Å². The number of thioether (sulfide) groups is 1. The van der Waals surface area contributed by atoms with Crippen molar-refractivity contribution in [2.75, 3.05) is 10.2 Å². The van der Waals surface area contributed by atoms with Crippen LogP contribution in [0.2, 0.25) is 0 Å². The molecular weight excluding hydrogens is 340 g/mol. The first-order valence-corrected chi connectivity index (χ1v) is 8.48. The highest BCUT2D eigenvalue weighted by molar-refractivity contribution is 8.27. The van der Waals surface area contributed by atoms with Crippen LogP contribution in [0.25, 0.3) is 6.08 Å². The lowest BCUT2D eigenvalue weighted by atomic mass is 10.2.